The van der Waals surface area contributed by atoms with Crippen LogP contribution in [0.2, 0.25) is 0 Å². The number of amides is 1. The molecule has 0 aromatic heterocycles. The molecule has 5 nitrogen and oxygen atoms in total. The second-order valence-corrected chi connectivity index (χ2v) is 8.40. The smallest absolute Gasteiger partial charge is 0.224 e. The zero-order chi connectivity index (χ0) is 20.9. The molecule has 1 amide bonds. The lowest BCUT2D eigenvalue weighted by Crippen LogP contribution is -2.48. The van der Waals surface area contributed by atoms with Crippen molar-refractivity contribution in [3.63, 3.8) is 0 Å². The highest BCUT2D eigenvalue weighted by atomic mass is 16.5. The minimum atomic E-state index is 0.213. The molecular formula is C25H32N2O3. The Morgan fingerprint density at radius 2 is 1.80 bits per heavy atom. The van der Waals surface area contributed by atoms with Gasteiger partial charge in [0.2, 0.25) is 5.91 Å². The molecular weight excluding hydrogens is 376 g/mol. The van der Waals surface area contributed by atoms with Gasteiger partial charge in [-0.25, -0.2) is 0 Å². The van der Waals surface area contributed by atoms with E-state index >= 15 is 0 Å². The van der Waals surface area contributed by atoms with Crippen LogP contribution < -0.4 is 4.74 Å². The van der Waals surface area contributed by atoms with Crippen LogP contribution in [0, 0.1) is 5.92 Å². The number of rotatable bonds is 7. The predicted octanol–water partition coefficient (Wildman–Crippen LogP) is 3.55. The first kappa shape index (κ1) is 20.9. The van der Waals surface area contributed by atoms with E-state index in [1.807, 2.05) is 0 Å². The first-order valence-corrected chi connectivity index (χ1v) is 10.9. The Kier molecular flexibility index (Phi) is 6.70. The lowest BCUT2D eigenvalue weighted by molar-refractivity contribution is -0.134. The molecule has 0 spiro atoms. The van der Waals surface area contributed by atoms with Gasteiger partial charge in [0.1, 0.15) is 5.75 Å². The number of carbonyl (C=O) groups is 1. The van der Waals surface area contributed by atoms with E-state index in [1.54, 1.807) is 14.2 Å². The van der Waals surface area contributed by atoms with Crippen LogP contribution in [0.1, 0.15) is 29.9 Å². The van der Waals surface area contributed by atoms with Crippen LogP contribution in [-0.2, 0) is 16.1 Å². The molecule has 0 unspecified atom stereocenters. The van der Waals surface area contributed by atoms with Crippen LogP contribution in [0.15, 0.2) is 54.6 Å². The van der Waals surface area contributed by atoms with E-state index in [9.17, 15) is 4.79 Å². The highest BCUT2D eigenvalue weighted by Gasteiger charge is 2.45. The van der Waals surface area contributed by atoms with Gasteiger partial charge in [-0.1, -0.05) is 42.5 Å². The van der Waals surface area contributed by atoms with Crippen LogP contribution >= 0.6 is 0 Å². The Bertz CT molecular complexity index is 824. The summed E-state index contributed by atoms with van der Waals surface area (Å²) in [6.45, 7) is 4.15. The molecule has 2 aromatic rings. The van der Waals surface area contributed by atoms with Crippen molar-refractivity contribution in [2.24, 2.45) is 5.92 Å². The molecule has 2 aliphatic heterocycles. The van der Waals surface area contributed by atoms with Crippen molar-refractivity contribution in [1.29, 1.82) is 0 Å². The van der Waals surface area contributed by atoms with Crippen LogP contribution in [-0.4, -0.2) is 62.2 Å². The summed E-state index contributed by atoms with van der Waals surface area (Å²) in [6, 6.07) is 19.7. The Labute approximate surface area is 179 Å². The highest BCUT2D eigenvalue weighted by Crippen LogP contribution is 2.42. The molecule has 0 saturated carbocycles. The summed E-state index contributed by atoms with van der Waals surface area (Å²) in [7, 11) is 3.35. The summed E-state index contributed by atoms with van der Waals surface area (Å²) in [5.74, 6) is 1.96. The number of methoxy groups -OCH3 is 2. The average Bonchev–Trinajstić information content (AvgIpc) is 3.15. The number of hydrogen-bond acceptors (Lipinski definition) is 4. The molecule has 2 aromatic carbocycles. The average molecular weight is 409 g/mol. The maximum atomic E-state index is 12.7. The molecule has 3 atom stereocenters. The van der Waals surface area contributed by atoms with E-state index in [4.69, 9.17) is 9.47 Å². The summed E-state index contributed by atoms with van der Waals surface area (Å²) >= 11 is 0. The highest BCUT2D eigenvalue weighted by molar-refractivity contribution is 5.76. The Morgan fingerprint density at radius 1 is 1.03 bits per heavy atom. The van der Waals surface area contributed by atoms with Gasteiger partial charge in [0.15, 0.2) is 0 Å². The minimum absolute atomic E-state index is 0.213. The molecule has 30 heavy (non-hydrogen) atoms. The predicted molar refractivity (Wildman–Crippen MR) is 118 cm³/mol. The molecule has 2 fully saturated rings. The van der Waals surface area contributed by atoms with E-state index in [2.05, 4.69) is 64.4 Å². The topological polar surface area (TPSA) is 42.0 Å². The Balaban J connectivity index is 1.55. The molecule has 4 rings (SSSR count). The molecule has 2 heterocycles. The summed E-state index contributed by atoms with van der Waals surface area (Å²) in [5, 5.41) is 0. The van der Waals surface area contributed by atoms with Crippen molar-refractivity contribution < 1.29 is 14.3 Å². The number of ether oxygens (including phenoxy) is 2. The first-order valence-electron chi connectivity index (χ1n) is 10.9. The molecule has 160 valence electrons. The summed E-state index contributed by atoms with van der Waals surface area (Å²) < 4.78 is 10.5. The number of fused-ring (bicyclic) bond motifs is 1. The second kappa shape index (κ2) is 9.63. The molecule has 0 aliphatic carbocycles. The van der Waals surface area contributed by atoms with Gasteiger partial charge in [-0.3, -0.25) is 9.69 Å². The normalized spacial score (nSPS) is 23.9. The van der Waals surface area contributed by atoms with Gasteiger partial charge in [-0.2, -0.15) is 0 Å². The van der Waals surface area contributed by atoms with Gasteiger partial charge in [-0.15, -0.1) is 0 Å². The largest absolute Gasteiger partial charge is 0.497 e. The summed E-state index contributed by atoms with van der Waals surface area (Å²) in [5.41, 5.74) is 2.69. The Hall–Kier alpha value is -2.37. The standard InChI is InChI=1S/C25H32N2O3/c1-29-15-13-25(28)26-14-12-24-23(18-26)22(20-8-10-21(30-2)11-9-20)17-27(24)16-19-6-4-3-5-7-19/h3-11,22-24H,12-18H2,1-2H3/t22-,23-,24-/m0/s1. The van der Waals surface area contributed by atoms with Crippen LogP contribution in [0.5, 0.6) is 5.75 Å². The molecule has 2 aliphatic rings. The summed E-state index contributed by atoms with van der Waals surface area (Å²) in [4.78, 5) is 17.3. The van der Waals surface area contributed by atoms with Crippen molar-refractivity contribution in [3.05, 3.63) is 65.7 Å². The monoisotopic (exact) mass is 408 g/mol. The number of likely N-dealkylation sites (tertiary alicyclic amines) is 2. The third-order valence-corrected chi connectivity index (χ3v) is 6.68. The van der Waals surface area contributed by atoms with E-state index < -0.39 is 0 Å². The zero-order valence-electron chi connectivity index (χ0n) is 18.0. The number of nitrogens with zero attached hydrogens (tertiary/aromatic N) is 2. The first-order chi connectivity index (χ1) is 14.7. The van der Waals surface area contributed by atoms with Gasteiger partial charge in [0.25, 0.3) is 0 Å². The van der Waals surface area contributed by atoms with Gasteiger partial charge in [0.05, 0.1) is 20.1 Å². The van der Waals surface area contributed by atoms with E-state index in [0.717, 1.165) is 38.3 Å². The number of piperidine rings is 1. The zero-order valence-corrected chi connectivity index (χ0v) is 18.0. The van der Waals surface area contributed by atoms with Crippen LogP contribution in [0.25, 0.3) is 0 Å². The quantitative estimate of drug-likeness (QED) is 0.703. The molecule has 0 bridgehead atoms. The third kappa shape index (κ3) is 4.52. The SMILES string of the molecule is COCCC(=O)N1CC[C@H]2[C@@H](C1)[C@H](c1ccc(OC)cc1)CN2Cc1ccccc1. The fraction of sp³-hybridized carbons (Fsp3) is 0.480. The van der Waals surface area contributed by atoms with Gasteiger partial charge in [-0.05, 0) is 29.7 Å². The fourth-order valence-electron chi connectivity index (χ4n) is 5.12. The molecule has 0 N–H and O–H groups in total. The van der Waals surface area contributed by atoms with E-state index in [-0.39, 0.29) is 5.91 Å². The molecule has 5 heteroatoms. The van der Waals surface area contributed by atoms with Crippen molar-refractivity contribution in [2.45, 2.75) is 31.3 Å². The van der Waals surface area contributed by atoms with Crippen LogP contribution in [0.4, 0.5) is 0 Å². The third-order valence-electron chi connectivity index (χ3n) is 6.68. The van der Waals surface area contributed by atoms with Gasteiger partial charge in [0, 0.05) is 51.2 Å². The van der Waals surface area contributed by atoms with Crippen molar-refractivity contribution in [3.8, 4) is 5.75 Å². The lowest BCUT2D eigenvalue weighted by atomic mass is 9.81. The lowest BCUT2D eigenvalue weighted by Gasteiger charge is -2.39. The maximum absolute atomic E-state index is 12.7. The van der Waals surface area contributed by atoms with Gasteiger partial charge < -0.3 is 14.4 Å². The second-order valence-electron chi connectivity index (χ2n) is 8.40. The van der Waals surface area contributed by atoms with E-state index in [1.165, 1.54) is 11.1 Å². The molecule has 0 radical (unpaired) electrons. The van der Waals surface area contributed by atoms with Gasteiger partial charge >= 0.3 is 0 Å². The van der Waals surface area contributed by atoms with Crippen molar-refractivity contribution >= 4 is 5.91 Å². The van der Waals surface area contributed by atoms with Crippen LogP contribution in [0.3, 0.4) is 0 Å². The number of hydrogen-bond donors (Lipinski definition) is 0. The number of carbonyl (C=O) groups excluding carboxylic acids is 1. The van der Waals surface area contributed by atoms with Crippen molar-refractivity contribution in [2.75, 3.05) is 40.5 Å². The maximum Gasteiger partial charge on any atom is 0.224 e. The Morgan fingerprint density at radius 3 is 2.50 bits per heavy atom. The minimum Gasteiger partial charge on any atom is -0.497 e. The van der Waals surface area contributed by atoms with Crippen molar-refractivity contribution in [1.82, 2.24) is 9.80 Å². The fourth-order valence-corrected chi connectivity index (χ4v) is 5.12. The van der Waals surface area contributed by atoms with E-state index in [0.29, 0.717) is 30.9 Å². The molecule has 2 saturated heterocycles. The summed E-state index contributed by atoms with van der Waals surface area (Å²) in [6.07, 6.45) is 1.50. The number of benzene rings is 2.